The summed E-state index contributed by atoms with van der Waals surface area (Å²) in [5, 5.41) is 2.96. The maximum atomic E-state index is 13.7. The standard InChI is InChI=1S/C10H17F2N.ClH/c11-10(12,8-4-3-5-8)9-6-1-2-7-13-9;/h8-9,13H,1-7H2;1H. The molecule has 1 saturated carbocycles. The zero-order chi connectivity index (χ0) is 9.31. The van der Waals surface area contributed by atoms with Gasteiger partial charge in [-0.1, -0.05) is 12.8 Å². The Morgan fingerprint density at radius 1 is 1.00 bits per heavy atom. The summed E-state index contributed by atoms with van der Waals surface area (Å²) in [5.74, 6) is -2.78. The maximum Gasteiger partial charge on any atom is 0.265 e. The molecule has 84 valence electrons. The molecular weight excluding hydrogens is 208 g/mol. The molecule has 2 fully saturated rings. The van der Waals surface area contributed by atoms with E-state index in [1.165, 1.54) is 0 Å². The second kappa shape index (κ2) is 4.75. The van der Waals surface area contributed by atoms with Crippen LogP contribution in [-0.2, 0) is 0 Å². The van der Waals surface area contributed by atoms with Crippen LogP contribution in [0.5, 0.6) is 0 Å². The fraction of sp³-hybridized carbons (Fsp3) is 1.00. The molecule has 1 saturated heterocycles. The molecule has 1 nitrogen and oxygen atoms in total. The molecule has 2 aliphatic rings. The van der Waals surface area contributed by atoms with Crippen molar-refractivity contribution in [2.24, 2.45) is 5.92 Å². The van der Waals surface area contributed by atoms with Gasteiger partial charge in [0, 0.05) is 5.92 Å². The molecule has 14 heavy (non-hydrogen) atoms. The smallest absolute Gasteiger partial charge is 0.265 e. The van der Waals surface area contributed by atoms with Gasteiger partial charge in [0.15, 0.2) is 0 Å². The second-order valence-corrected chi connectivity index (χ2v) is 4.30. The predicted octanol–water partition coefficient (Wildman–Crippen LogP) is 2.99. The number of nitrogens with one attached hydrogen (secondary N) is 1. The molecule has 1 N–H and O–H groups in total. The molecule has 0 spiro atoms. The summed E-state index contributed by atoms with van der Waals surface area (Å²) in [5.41, 5.74) is 0. The Kier molecular flexibility index (Phi) is 4.14. The molecule has 0 bridgehead atoms. The summed E-state index contributed by atoms with van der Waals surface area (Å²) >= 11 is 0. The number of rotatable bonds is 2. The van der Waals surface area contributed by atoms with Crippen molar-refractivity contribution in [2.75, 3.05) is 6.54 Å². The number of hydrogen-bond acceptors (Lipinski definition) is 1. The van der Waals surface area contributed by atoms with Crippen LogP contribution >= 0.6 is 12.4 Å². The minimum absolute atomic E-state index is 0. The minimum Gasteiger partial charge on any atom is -0.309 e. The molecule has 1 unspecified atom stereocenters. The lowest BCUT2D eigenvalue weighted by Crippen LogP contribution is -2.53. The first kappa shape index (κ1) is 12.2. The van der Waals surface area contributed by atoms with Crippen LogP contribution in [0.25, 0.3) is 0 Å². The summed E-state index contributed by atoms with van der Waals surface area (Å²) in [7, 11) is 0. The molecule has 0 aromatic heterocycles. The highest BCUT2D eigenvalue weighted by molar-refractivity contribution is 5.85. The van der Waals surface area contributed by atoms with E-state index in [1.807, 2.05) is 0 Å². The van der Waals surface area contributed by atoms with Crippen molar-refractivity contribution in [3.8, 4) is 0 Å². The van der Waals surface area contributed by atoms with Crippen LogP contribution in [0.3, 0.4) is 0 Å². The first-order valence-corrected chi connectivity index (χ1v) is 5.32. The van der Waals surface area contributed by atoms with Crippen LogP contribution in [0.2, 0.25) is 0 Å². The van der Waals surface area contributed by atoms with Crippen LogP contribution in [0, 0.1) is 5.92 Å². The van der Waals surface area contributed by atoms with Gasteiger partial charge in [-0.15, -0.1) is 12.4 Å². The van der Waals surface area contributed by atoms with Crippen molar-refractivity contribution in [1.29, 1.82) is 0 Å². The Morgan fingerprint density at radius 2 is 1.71 bits per heavy atom. The van der Waals surface area contributed by atoms with Gasteiger partial charge in [0.2, 0.25) is 0 Å². The third-order valence-corrected chi connectivity index (χ3v) is 3.42. The van der Waals surface area contributed by atoms with E-state index < -0.39 is 12.0 Å². The summed E-state index contributed by atoms with van der Waals surface area (Å²) in [6, 6.07) is -0.536. The quantitative estimate of drug-likeness (QED) is 0.762. The molecule has 1 atom stereocenters. The first-order chi connectivity index (χ1) is 6.21. The van der Waals surface area contributed by atoms with Crippen LogP contribution in [0.15, 0.2) is 0 Å². The van der Waals surface area contributed by atoms with Crippen LogP contribution in [0.4, 0.5) is 8.78 Å². The molecular formula is C10H18ClF2N. The van der Waals surface area contributed by atoms with Gasteiger partial charge in [0.25, 0.3) is 5.92 Å². The van der Waals surface area contributed by atoms with Crippen molar-refractivity contribution < 1.29 is 8.78 Å². The first-order valence-electron chi connectivity index (χ1n) is 5.32. The highest BCUT2D eigenvalue weighted by Crippen LogP contribution is 2.43. The lowest BCUT2D eigenvalue weighted by atomic mass is 9.76. The van der Waals surface area contributed by atoms with E-state index in [4.69, 9.17) is 0 Å². The number of hydrogen-bond donors (Lipinski definition) is 1. The molecule has 0 aromatic carbocycles. The van der Waals surface area contributed by atoms with Gasteiger partial charge in [-0.3, -0.25) is 0 Å². The molecule has 1 aliphatic heterocycles. The average Bonchev–Trinajstić information content (AvgIpc) is 2.02. The monoisotopic (exact) mass is 225 g/mol. The minimum atomic E-state index is -2.45. The van der Waals surface area contributed by atoms with Crippen molar-refractivity contribution in [1.82, 2.24) is 5.32 Å². The third-order valence-electron chi connectivity index (χ3n) is 3.42. The van der Waals surface area contributed by atoms with Crippen molar-refractivity contribution in [3.63, 3.8) is 0 Å². The Labute approximate surface area is 90.0 Å². The highest BCUT2D eigenvalue weighted by atomic mass is 35.5. The molecule has 4 heteroatoms. The number of alkyl halides is 2. The highest BCUT2D eigenvalue weighted by Gasteiger charge is 2.48. The van der Waals surface area contributed by atoms with Gasteiger partial charge in [0.05, 0.1) is 6.04 Å². The van der Waals surface area contributed by atoms with Crippen LogP contribution < -0.4 is 5.32 Å². The molecule has 0 aromatic rings. The molecule has 0 radical (unpaired) electrons. The molecule has 2 rings (SSSR count). The van der Waals surface area contributed by atoms with E-state index in [9.17, 15) is 8.78 Å². The van der Waals surface area contributed by atoms with E-state index in [1.54, 1.807) is 0 Å². The van der Waals surface area contributed by atoms with Gasteiger partial charge in [-0.05, 0) is 32.2 Å². The van der Waals surface area contributed by atoms with E-state index in [0.717, 1.165) is 38.6 Å². The third kappa shape index (κ3) is 2.19. The summed E-state index contributed by atoms with van der Waals surface area (Å²) in [6.07, 6.45) is 5.12. The SMILES string of the molecule is Cl.FC(F)(C1CCC1)C1CCCCN1. The van der Waals surface area contributed by atoms with E-state index in [-0.39, 0.29) is 18.3 Å². The van der Waals surface area contributed by atoms with Crippen LogP contribution in [0.1, 0.15) is 38.5 Å². The fourth-order valence-electron chi connectivity index (χ4n) is 2.26. The van der Waals surface area contributed by atoms with Crippen molar-refractivity contribution in [3.05, 3.63) is 0 Å². The average molecular weight is 226 g/mol. The van der Waals surface area contributed by atoms with E-state index in [2.05, 4.69) is 5.32 Å². The van der Waals surface area contributed by atoms with Gasteiger partial charge in [0.1, 0.15) is 0 Å². The zero-order valence-electron chi connectivity index (χ0n) is 8.27. The predicted molar refractivity (Wildman–Crippen MR) is 55.2 cm³/mol. The fourth-order valence-corrected chi connectivity index (χ4v) is 2.26. The van der Waals surface area contributed by atoms with Crippen molar-refractivity contribution >= 4 is 12.4 Å². The summed E-state index contributed by atoms with van der Waals surface area (Å²) < 4.78 is 27.4. The lowest BCUT2D eigenvalue weighted by molar-refractivity contribution is -0.119. The van der Waals surface area contributed by atoms with Crippen LogP contribution in [-0.4, -0.2) is 18.5 Å². The van der Waals surface area contributed by atoms with Crippen molar-refractivity contribution in [2.45, 2.75) is 50.5 Å². The van der Waals surface area contributed by atoms with Gasteiger partial charge >= 0.3 is 0 Å². The summed E-state index contributed by atoms with van der Waals surface area (Å²) in [4.78, 5) is 0. The largest absolute Gasteiger partial charge is 0.309 e. The molecule has 1 aliphatic carbocycles. The van der Waals surface area contributed by atoms with E-state index >= 15 is 0 Å². The lowest BCUT2D eigenvalue weighted by Gasteiger charge is -2.40. The Morgan fingerprint density at radius 3 is 2.14 bits per heavy atom. The van der Waals surface area contributed by atoms with Gasteiger partial charge in [-0.25, -0.2) is 8.78 Å². The van der Waals surface area contributed by atoms with Gasteiger partial charge < -0.3 is 5.32 Å². The Balaban J connectivity index is 0.000000980. The normalized spacial score (nSPS) is 29.1. The Bertz CT molecular complexity index is 177. The summed E-state index contributed by atoms with van der Waals surface area (Å²) in [6.45, 7) is 0.771. The topological polar surface area (TPSA) is 12.0 Å². The molecule has 0 amide bonds. The zero-order valence-corrected chi connectivity index (χ0v) is 9.09. The molecule has 1 heterocycles. The van der Waals surface area contributed by atoms with Gasteiger partial charge in [-0.2, -0.15) is 0 Å². The Hall–Kier alpha value is 0.110. The second-order valence-electron chi connectivity index (χ2n) is 4.30. The number of halogens is 3. The number of piperidine rings is 1. The van der Waals surface area contributed by atoms with E-state index in [0.29, 0.717) is 6.42 Å². The maximum absolute atomic E-state index is 13.7.